The number of rotatable bonds is 4. The van der Waals surface area contributed by atoms with E-state index in [0.29, 0.717) is 18.1 Å². The fourth-order valence-corrected chi connectivity index (χ4v) is 1.97. The van der Waals surface area contributed by atoms with Crippen LogP contribution in [0.15, 0.2) is 42.5 Å². The molecule has 0 bridgehead atoms. The van der Waals surface area contributed by atoms with Gasteiger partial charge in [-0.1, -0.05) is 12.1 Å². The van der Waals surface area contributed by atoms with Crippen LogP contribution in [0.1, 0.15) is 21.5 Å². The average molecular weight is 329 g/mol. The van der Waals surface area contributed by atoms with Gasteiger partial charge >= 0.3 is 6.18 Å². The summed E-state index contributed by atoms with van der Waals surface area (Å²) in [5.74, 6) is -2.38. The van der Waals surface area contributed by atoms with Crippen LogP contribution in [-0.4, -0.2) is 12.5 Å². The Morgan fingerprint density at radius 1 is 0.957 bits per heavy atom. The first-order valence-electron chi connectivity index (χ1n) is 6.66. The number of benzene rings is 2. The predicted molar refractivity (Wildman–Crippen MR) is 73.8 cm³/mol. The van der Waals surface area contributed by atoms with E-state index in [1.165, 1.54) is 12.1 Å². The molecule has 0 atom stereocenters. The van der Waals surface area contributed by atoms with Gasteiger partial charge in [0.25, 0.3) is 5.91 Å². The van der Waals surface area contributed by atoms with Gasteiger partial charge in [0.05, 0.1) is 5.56 Å². The van der Waals surface area contributed by atoms with Crippen LogP contribution >= 0.6 is 0 Å². The topological polar surface area (TPSA) is 29.1 Å². The molecule has 2 aromatic rings. The summed E-state index contributed by atoms with van der Waals surface area (Å²) in [5, 5.41) is 2.45. The number of hydrogen-bond donors (Lipinski definition) is 1. The van der Waals surface area contributed by atoms with Crippen molar-refractivity contribution in [3.05, 3.63) is 70.8 Å². The van der Waals surface area contributed by atoms with Gasteiger partial charge in [0.15, 0.2) is 0 Å². The van der Waals surface area contributed by atoms with Gasteiger partial charge in [0.1, 0.15) is 11.6 Å². The zero-order valence-electron chi connectivity index (χ0n) is 11.8. The van der Waals surface area contributed by atoms with E-state index in [1.807, 2.05) is 0 Å². The molecule has 0 radical (unpaired) electrons. The first-order chi connectivity index (χ1) is 10.8. The highest BCUT2D eigenvalue weighted by atomic mass is 19.4. The second kappa shape index (κ2) is 6.76. The van der Waals surface area contributed by atoms with Gasteiger partial charge in [0.2, 0.25) is 0 Å². The fourth-order valence-electron chi connectivity index (χ4n) is 1.97. The molecule has 0 saturated heterocycles. The predicted octanol–water partition coefficient (Wildman–Crippen LogP) is 3.96. The number of amides is 1. The molecule has 0 saturated carbocycles. The van der Waals surface area contributed by atoms with E-state index in [-0.39, 0.29) is 12.1 Å². The van der Waals surface area contributed by atoms with Gasteiger partial charge in [-0.2, -0.15) is 13.2 Å². The summed E-state index contributed by atoms with van der Waals surface area (Å²) in [5.41, 5.74) is -0.306. The van der Waals surface area contributed by atoms with Gasteiger partial charge in [-0.25, -0.2) is 8.78 Å². The van der Waals surface area contributed by atoms with Crippen LogP contribution in [0, 0.1) is 11.6 Å². The van der Waals surface area contributed by atoms with Crippen molar-refractivity contribution in [1.29, 1.82) is 0 Å². The minimum absolute atomic E-state index is 0.127. The Morgan fingerprint density at radius 3 is 2.04 bits per heavy atom. The van der Waals surface area contributed by atoms with Gasteiger partial charge in [-0.3, -0.25) is 4.79 Å². The van der Waals surface area contributed by atoms with E-state index in [0.717, 1.165) is 24.3 Å². The molecule has 2 nitrogen and oxygen atoms in total. The molecule has 0 aliphatic heterocycles. The van der Waals surface area contributed by atoms with E-state index >= 15 is 0 Å². The van der Waals surface area contributed by atoms with Crippen LogP contribution in [0.4, 0.5) is 22.0 Å². The maximum atomic E-state index is 13.0. The molecular weight excluding hydrogens is 317 g/mol. The fraction of sp³-hybridized carbons (Fsp3) is 0.188. The summed E-state index contributed by atoms with van der Waals surface area (Å²) in [7, 11) is 0. The molecule has 0 aromatic heterocycles. The number of halogens is 5. The highest BCUT2D eigenvalue weighted by molar-refractivity contribution is 5.94. The van der Waals surface area contributed by atoms with Crippen molar-refractivity contribution in [2.24, 2.45) is 0 Å². The smallest absolute Gasteiger partial charge is 0.352 e. The summed E-state index contributed by atoms with van der Waals surface area (Å²) in [6.07, 6.45) is -4.10. The largest absolute Gasteiger partial charge is 0.416 e. The standard InChI is InChI=1S/C16H12F5NO/c17-13-7-11(8-14(18)9-13)15(23)22-6-5-10-1-3-12(4-2-10)16(19,20)21/h1-4,7-9H,5-6H2,(H,22,23). The molecule has 7 heteroatoms. The summed E-state index contributed by atoms with van der Waals surface area (Å²) in [4.78, 5) is 11.7. The molecule has 1 amide bonds. The van der Waals surface area contributed by atoms with Crippen molar-refractivity contribution in [3.63, 3.8) is 0 Å². The third-order valence-corrected chi connectivity index (χ3v) is 3.11. The molecule has 0 fully saturated rings. The molecule has 0 heterocycles. The second-order valence-electron chi connectivity index (χ2n) is 4.86. The number of carbonyl (C=O) groups is 1. The maximum absolute atomic E-state index is 13.0. The molecule has 2 rings (SSSR count). The van der Waals surface area contributed by atoms with Crippen LogP contribution in [0.2, 0.25) is 0 Å². The molecule has 23 heavy (non-hydrogen) atoms. The van der Waals surface area contributed by atoms with Crippen LogP contribution < -0.4 is 5.32 Å². The lowest BCUT2D eigenvalue weighted by atomic mass is 10.1. The quantitative estimate of drug-likeness (QED) is 0.846. The Labute approximate surface area is 128 Å². The normalized spacial score (nSPS) is 11.3. The molecule has 0 aliphatic rings. The van der Waals surface area contributed by atoms with Crippen LogP contribution in [0.25, 0.3) is 0 Å². The molecule has 0 unspecified atom stereocenters. The number of alkyl halides is 3. The Kier molecular flexibility index (Phi) is 4.98. The van der Waals surface area contributed by atoms with Crippen molar-refractivity contribution in [3.8, 4) is 0 Å². The zero-order valence-corrected chi connectivity index (χ0v) is 11.8. The monoisotopic (exact) mass is 329 g/mol. The molecule has 122 valence electrons. The highest BCUT2D eigenvalue weighted by Crippen LogP contribution is 2.29. The Morgan fingerprint density at radius 2 is 1.52 bits per heavy atom. The van der Waals surface area contributed by atoms with Crippen molar-refractivity contribution >= 4 is 5.91 Å². The highest BCUT2D eigenvalue weighted by Gasteiger charge is 2.29. The Bertz CT molecular complexity index is 674. The van der Waals surface area contributed by atoms with Gasteiger partial charge < -0.3 is 5.32 Å². The van der Waals surface area contributed by atoms with Crippen molar-refractivity contribution in [2.75, 3.05) is 6.54 Å². The van der Waals surface area contributed by atoms with Gasteiger partial charge in [-0.05, 0) is 36.2 Å². The van der Waals surface area contributed by atoms with Crippen LogP contribution in [0.5, 0.6) is 0 Å². The van der Waals surface area contributed by atoms with Crippen LogP contribution in [0.3, 0.4) is 0 Å². The molecule has 0 aliphatic carbocycles. The molecule has 1 N–H and O–H groups in total. The lowest BCUT2D eigenvalue weighted by Crippen LogP contribution is -2.25. The second-order valence-corrected chi connectivity index (χ2v) is 4.86. The number of carbonyl (C=O) groups excluding carboxylic acids is 1. The van der Waals surface area contributed by atoms with Crippen molar-refractivity contribution in [1.82, 2.24) is 5.32 Å². The summed E-state index contributed by atoms with van der Waals surface area (Å²) in [6, 6.07) is 7.00. The van der Waals surface area contributed by atoms with E-state index in [4.69, 9.17) is 0 Å². The van der Waals surface area contributed by atoms with Gasteiger partial charge in [-0.15, -0.1) is 0 Å². The number of hydrogen-bond acceptors (Lipinski definition) is 1. The van der Waals surface area contributed by atoms with E-state index in [2.05, 4.69) is 5.32 Å². The minimum atomic E-state index is -4.39. The first-order valence-corrected chi connectivity index (χ1v) is 6.66. The lowest BCUT2D eigenvalue weighted by molar-refractivity contribution is -0.137. The van der Waals surface area contributed by atoms with E-state index in [1.54, 1.807) is 0 Å². The SMILES string of the molecule is O=C(NCCc1ccc(C(F)(F)F)cc1)c1cc(F)cc(F)c1. The zero-order chi connectivity index (χ0) is 17.0. The maximum Gasteiger partial charge on any atom is 0.416 e. The Balaban J connectivity index is 1.90. The average Bonchev–Trinajstić information content (AvgIpc) is 2.45. The lowest BCUT2D eigenvalue weighted by Gasteiger charge is -2.08. The minimum Gasteiger partial charge on any atom is -0.352 e. The van der Waals surface area contributed by atoms with E-state index in [9.17, 15) is 26.7 Å². The third-order valence-electron chi connectivity index (χ3n) is 3.11. The first kappa shape index (κ1) is 16.9. The van der Waals surface area contributed by atoms with Gasteiger partial charge in [0, 0.05) is 18.2 Å². The molecule has 0 spiro atoms. The third kappa shape index (κ3) is 4.77. The van der Waals surface area contributed by atoms with E-state index < -0.39 is 29.3 Å². The summed E-state index contributed by atoms with van der Waals surface area (Å²) >= 11 is 0. The van der Waals surface area contributed by atoms with Crippen LogP contribution in [-0.2, 0) is 12.6 Å². The summed E-state index contributed by atoms with van der Waals surface area (Å²) in [6.45, 7) is 0.127. The Hall–Kier alpha value is -2.44. The molecule has 2 aromatic carbocycles. The summed E-state index contributed by atoms with van der Waals surface area (Å²) < 4.78 is 63.2. The van der Waals surface area contributed by atoms with Crippen molar-refractivity contribution < 1.29 is 26.7 Å². The number of nitrogens with one attached hydrogen (secondary N) is 1. The van der Waals surface area contributed by atoms with Crippen molar-refractivity contribution in [2.45, 2.75) is 12.6 Å². The molecular formula is C16H12F5NO.